The van der Waals surface area contributed by atoms with Crippen LogP contribution >= 0.6 is 0 Å². The van der Waals surface area contributed by atoms with Gasteiger partial charge in [-0.15, -0.1) is 0 Å². The van der Waals surface area contributed by atoms with Crippen molar-refractivity contribution in [3.05, 3.63) is 23.8 Å². The van der Waals surface area contributed by atoms with Crippen molar-refractivity contribution in [1.82, 2.24) is 9.21 Å². The van der Waals surface area contributed by atoms with Crippen LogP contribution in [-0.2, 0) is 10.0 Å². The molecule has 2 aliphatic rings. The Morgan fingerprint density at radius 3 is 2.46 bits per heavy atom. The second-order valence-corrected chi connectivity index (χ2v) is 9.22. The topological polar surface area (TPSA) is 66.9 Å². The SMILES string of the molecule is COc1ccc(C(=O)N(C)CC2CCCC2)cc1S(=O)(=O)N1CCCC1. The van der Waals surface area contributed by atoms with E-state index in [1.807, 2.05) is 0 Å². The molecule has 1 saturated carbocycles. The number of methoxy groups -OCH3 is 1. The predicted molar refractivity (Wildman–Crippen MR) is 99.9 cm³/mol. The van der Waals surface area contributed by atoms with Crippen molar-refractivity contribution in [3.63, 3.8) is 0 Å². The van der Waals surface area contributed by atoms with Gasteiger partial charge in [0.1, 0.15) is 10.6 Å². The molecular formula is C19H28N2O4S. The molecule has 2 fully saturated rings. The van der Waals surface area contributed by atoms with Crippen LogP contribution in [0.2, 0.25) is 0 Å². The van der Waals surface area contributed by atoms with Crippen LogP contribution in [0.15, 0.2) is 23.1 Å². The van der Waals surface area contributed by atoms with Gasteiger partial charge < -0.3 is 9.64 Å². The first kappa shape index (κ1) is 19.2. The molecular weight excluding hydrogens is 352 g/mol. The highest BCUT2D eigenvalue weighted by Gasteiger charge is 2.31. The fourth-order valence-corrected chi connectivity index (χ4v) is 5.66. The molecule has 1 aliphatic carbocycles. The minimum atomic E-state index is -3.65. The first-order valence-electron chi connectivity index (χ1n) is 9.37. The van der Waals surface area contributed by atoms with Crippen LogP contribution in [0.1, 0.15) is 48.9 Å². The molecule has 1 aliphatic heterocycles. The van der Waals surface area contributed by atoms with Gasteiger partial charge in [-0.25, -0.2) is 8.42 Å². The number of carbonyl (C=O) groups excluding carboxylic acids is 1. The third-order valence-electron chi connectivity index (χ3n) is 5.45. The fourth-order valence-electron chi connectivity index (χ4n) is 3.96. The highest BCUT2D eigenvalue weighted by Crippen LogP contribution is 2.31. The minimum Gasteiger partial charge on any atom is -0.495 e. The summed E-state index contributed by atoms with van der Waals surface area (Å²) >= 11 is 0. The number of benzene rings is 1. The van der Waals surface area contributed by atoms with E-state index in [0.29, 0.717) is 24.6 Å². The van der Waals surface area contributed by atoms with E-state index < -0.39 is 10.0 Å². The number of nitrogens with zero attached hydrogens (tertiary/aromatic N) is 2. The molecule has 144 valence electrons. The van der Waals surface area contributed by atoms with E-state index in [2.05, 4.69) is 0 Å². The number of hydrogen-bond acceptors (Lipinski definition) is 4. The Labute approximate surface area is 156 Å². The van der Waals surface area contributed by atoms with Gasteiger partial charge in [0.05, 0.1) is 7.11 Å². The van der Waals surface area contributed by atoms with Crippen LogP contribution in [-0.4, -0.2) is 57.3 Å². The summed E-state index contributed by atoms with van der Waals surface area (Å²) in [5.74, 6) is 0.694. The molecule has 1 saturated heterocycles. The molecule has 6 nitrogen and oxygen atoms in total. The van der Waals surface area contributed by atoms with E-state index in [0.717, 1.165) is 32.2 Å². The predicted octanol–water partition coefficient (Wildman–Crippen LogP) is 2.74. The monoisotopic (exact) mass is 380 g/mol. The van der Waals surface area contributed by atoms with E-state index in [9.17, 15) is 13.2 Å². The zero-order chi connectivity index (χ0) is 18.7. The Balaban J connectivity index is 1.85. The number of ether oxygens (including phenoxy) is 1. The average molecular weight is 381 g/mol. The number of sulfonamides is 1. The maximum absolute atomic E-state index is 13.0. The lowest BCUT2D eigenvalue weighted by Crippen LogP contribution is -2.32. The summed E-state index contributed by atoms with van der Waals surface area (Å²) in [5.41, 5.74) is 0.393. The van der Waals surface area contributed by atoms with E-state index in [-0.39, 0.29) is 16.6 Å². The summed E-state index contributed by atoms with van der Waals surface area (Å²) in [4.78, 5) is 14.6. The summed E-state index contributed by atoms with van der Waals surface area (Å²) in [5, 5.41) is 0. The van der Waals surface area contributed by atoms with Crippen molar-refractivity contribution >= 4 is 15.9 Å². The molecule has 7 heteroatoms. The van der Waals surface area contributed by atoms with Gasteiger partial charge in [-0.05, 0) is 49.8 Å². The molecule has 0 radical (unpaired) electrons. The lowest BCUT2D eigenvalue weighted by Gasteiger charge is -2.22. The van der Waals surface area contributed by atoms with Crippen molar-refractivity contribution in [2.75, 3.05) is 33.8 Å². The Hall–Kier alpha value is -1.60. The van der Waals surface area contributed by atoms with Gasteiger partial charge in [0, 0.05) is 32.2 Å². The highest BCUT2D eigenvalue weighted by molar-refractivity contribution is 7.89. The zero-order valence-corrected chi connectivity index (χ0v) is 16.4. The fraction of sp³-hybridized carbons (Fsp3) is 0.632. The third-order valence-corrected chi connectivity index (χ3v) is 7.37. The second kappa shape index (κ2) is 7.96. The van der Waals surface area contributed by atoms with Crippen LogP contribution in [0.5, 0.6) is 5.75 Å². The van der Waals surface area contributed by atoms with Gasteiger partial charge >= 0.3 is 0 Å². The first-order valence-corrected chi connectivity index (χ1v) is 10.8. The molecule has 26 heavy (non-hydrogen) atoms. The normalized spacial score (nSPS) is 19.0. The zero-order valence-electron chi connectivity index (χ0n) is 15.6. The molecule has 0 bridgehead atoms. The van der Waals surface area contributed by atoms with Crippen molar-refractivity contribution in [2.24, 2.45) is 5.92 Å². The molecule has 0 spiro atoms. The molecule has 0 N–H and O–H groups in total. The summed E-state index contributed by atoms with van der Waals surface area (Å²) in [7, 11) is -0.406. The summed E-state index contributed by atoms with van der Waals surface area (Å²) in [6, 6.07) is 4.70. The van der Waals surface area contributed by atoms with Gasteiger partial charge in [-0.2, -0.15) is 4.31 Å². The van der Waals surface area contributed by atoms with Gasteiger partial charge in [0.2, 0.25) is 10.0 Å². The number of rotatable bonds is 6. The van der Waals surface area contributed by atoms with Crippen LogP contribution in [0, 0.1) is 5.92 Å². The van der Waals surface area contributed by atoms with Gasteiger partial charge in [0.15, 0.2) is 0 Å². The van der Waals surface area contributed by atoms with E-state index >= 15 is 0 Å². The Morgan fingerprint density at radius 2 is 1.85 bits per heavy atom. The largest absolute Gasteiger partial charge is 0.495 e. The van der Waals surface area contributed by atoms with Crippen LogP contribution in [0.3, 0.4) is 0 Å². The number of hydrogen-bond donors (Lipinski definition) is 0. The molecule has 1 aromatic rings. The van der Waals surface area contributed by atoms with Crippen molar-refractivity contribution < 1.29 is 17.9 Å². The van der Waals surface area contributed by atoms with Crippen LogP contribution < -0.4 is 4.74 Å². The van der Waals surface area contributed by atoms with Crippen molar-refractivity contribution in [1.29, 1.82) is 0 Å². The standard InChI is InChI=1S/C19H28N2O4S/c1-20(14-15-7-3-4-8-15)19(22)16-9-10-17(25-2)18(13-16)26(23,24)21-11-5-6-12-21/h9-10,13,15H,3-8,11-12,14H2,1-2H3. The van der Waals surface area contributed by atoms with E-state index in [1.54, 1.807) is 24.1 Å². The Kier molecular flexibility index (Phi) is 5.87. The van der Waals surface area contributed by atoms with Crippen molar-refractivity contribution in [2.45, 2.75) is 43.4 Å². The molecule has 0 unspecified atom stereocenters. The number of amides is 1. The molecule has 3 rings (SSSR count). The van der Waals surface area contributed by atoms with Crippen LogP contribution in [0.4, 0.5) is 0 Å². The van der Waals surface area contributed by atoms with E-state index in [4.69, 9.17) is 4.74 Å². The summed E-state index contributed by atoms with van der Waals surface area (Å²) < 4.78 is 32.7. The molecule has 0 atom stereocenters. The lowest BCUT2D eigenvalue weighted by molar-refractivity contribution is 0.0773. The highest BCUT2D eigenvalue weighted by atomic mass is 32.2. The Bertz CT molecular complexity index is 751. The minimum absolute atomic E-state index is 0.0852. The smallest absolute Gasteiger partial charge is 0.253 e. The second-order valence-electron chi connectivity index (χ2n) is 7.31. The van der Waals surface area contributed by atoms with Gasteiger partial charge in [-0.3, -0.25) is 4.79 Å². The molecule has 0 aromatic heterocycles. The van der Waals surface area contributed by atoms with Gasteiger partial charge in [0.25, 0.3) is 5.91 Å². The van der Waals surface area contributed by atoms with Gasteiger partial charge in [-0.1, -0.05) is 12.8 Å². The first-order chi connectivity index (χ1) is 12.4. The number of carbonyl (C=O) groups is 1. The molecule has 1 aromatic carbocycles. The average Bonchev–Trinajstić information content (AvgIpc) is 3.34. The molecule has 1 amide bonds. The maximum atomic E-state index is 13.0. The summed E-state index contributed by atoms with van der Waals surface area (Å²) in [6.07, 6.45) is 6.51. The van der Waals surface area contributed by atoms with Crippen LogP contribution in [0.25, 0.3) is 0 Å². The van der Waals surface area contributed by atoms with Crippen molar-refractivity contribution in [3.8, 4) is 5.75 Å². The molecule has 1 heterocycles. The quantitative estimate of drug-likeness (QED) is 0.761. The lowest BCUT2D eigenvalue weighted by atomic mass is 10.1. The Morgan fingerprint density at radius 1 is 1.19 bits per heavy atom. The summed E-state index contributed by atoms with van der Waals surface area (Å²) in [6.45, 7) is 1.76. The third kappa shape index (κ3) is 3.88. The van der Waals surface area contributed by atoms with E-state index in [1.165, 1.54) is 30.3 Å². The maximum Gasteiger partial charge on any atom is 0.253 e.